The molecule has 0 fully saturated rings. The van der Waals surface area contributed by atoms with Crippen molar-refractivity contribution in [3.8, 4) is 11.1 Å². The van der Waals surface area contributed by atoms with Gasteiger partial charge < -0.3 is 0 Å². The van der Waals surface area contributed by atoms with E-state index in [0.29, 0.717) is 16.7 Å². The molecule has 0 spiro atoms. The van der Waals surface area contributed by atoms with Crippen LogP contribution in [-0.4, -0.2) is 0 Å². The van der Waals surface area contributed by atoms with E-state index in [-0.39, 0.29) is 0 Å². The fourth-order valence-corrected chi connectivity index (χ4v) is 1.82. The molecule has 2 aromatic carbocycles. The Hall–Kier alpha value is -1.84. The second-order valence-corrected chi connectivity index (χ2v) is 4.01. The summed E-state index contributed by atoms with van der Waals surface area (Å²) in [4.78, 5) is 0. The molecular weight excluding hydrogens is 244 g/mol. The quantitative estimate of drug-likeness (QED) is 0.640. The zero-order valence-corrected chi connectivity index (χ0v) is 9.55. The van der Waals surface area contributed by atoms with Gasteiger partial charge in [-0.15, -0.1) is 0 Å². The van der Waals surface area contributed by atoms with Crippen LogP contribution in [0.1, 0.15) is 11.1 Å². The van der Waals surface area contributed by atoms with E-state index in [0.717, 1.165) is 12.1 Å². The van der Waals surface area contributed by atoms with Gasteiger partial charge in [-0.1, -0.05) is 24.3 Å². The first-order valence-electron chi connectivity index (χ1n) is 5.32. The van der Waals surface area contributed by atoms with E-state index in [9.17, 15) is 17.6 Å². The highest BCUT2D eigenvalue weighted by Gasteiger charge is 2.30. The molecular formula is C14H10F4. The number of benzene rings is 2. The predicted molar refractivity (Wildman–Crippen MR) is 61.6 cm³/mol. The molecule has 0 heterocycles. The molecule has 0 saturated heterocycles. The van der Waals surface area contributed by atoms with Gasteiger partial charge in [0.25, 0.3) is 0 Å². The molecule has 2 rings (SSSR count). The van der Waals surface area contributed by atoms with Crippen molar-refractivity contribution >= 4 is 0 Å². The van der Waals surface area contributed by atoms with Crippen LogP contribution in [0.2, 0.25) is 0 Å². The van der Waals surface area contributed by atoms with Gasteiger partial charge in [-0.05, 0) is 36.2 Å². The first-order chi connectivity index (χ1) is 8.39. The van der Waals surface area contributed by atoms with Gasteiger partial charge in [0, 0.05) is 5.56 Å². The van der Waals surface area contributed by atoms with E-state index in [1.807, 2.05) is 0 Å². The van der Waals surface area contributed by atoms with E-state index in [1.54, 1.807) is 12.1 Å². The van der Waals surface area contributed by atoms with Crippen LogP contribution < -0.4 is 0 Å². The lowest BCUT2D eigenvalue weighted by molar-refractivity contribution is -0.137. The summed E-state index contributed by atoms with van der Waals surface area (Å²) < 4.78 is 51.1. The van der Waals surface area contributed by atoms with E-state index >= 15 is 0 Å². The van der Waals surface area contributed by atoms with Gasteiger partial charge in [0.15, 0.2) is 0 Å². The highest BCUT2D eigenvalue weighted by atomic mass is 19.4. The largest absolute Gasteiger partial charge is 0.416 e. The molecule has 0 aromatic heterocycles. The number of hydrogen-bond acceptors (Lipinski definition) is 0. The Morgan fingerprint density at radius 3 is 2.11 bits per heavy atom. The van der Waals surface area contributed by atoms with E-state index in [2.05, 4.69) is 0 Å². The first-order valence-corrected chi connectivity index (χ1v) is 5.32. The second kappa shape index (κ2) is 4.44. The molecule has 94 valence electrons. The molecule has 0 aliphatic rings. The fraction of sp³-hybridized carbons (Fsp3) is 0.143. The van der Waals surface area contributed by atoms with Crippen LogP contribution in [0.3, 0.4) is 0 Å². The van der Waals surface area contributed by atoms with Crippen LogP contribution in [0, 0.1) is 12.7 Å². The summed E-state index contributed by atoms with van der Waals surface area (Å²) in [6.07, 6.45) is -4.38. The van der Waals surface area contributed by atoms with Crippen LogP contribution in [-0.2, 0) is 6.18 Å². The Morgan fingerprint density at radius 2 is 1.56 bits per heavy atom. The lowest BCUT2D eigenvalue weighted by atomic mass is 9.98. The summed E-state index contributed by atoms with van der Waals surface area (Å²) in [5, 5.41) is 0. The van der Waals surface area contributed by atoms with Gasteiger partial charge in [-0.25, -0.2) is 4.39 Å². The molecule has 0 N–H and O–H groups in total. The van der Waals surface area contributed by atoms with Gasteiger partial charge in [0.1, 0.15) is 5.82 Å². The third kappa shape index (κ3) is 2.37. The maximum absolute atomic E-state index is 13.6. The van der Waals surface area contributed by atoms with Crippen LogP contribution in [0.25, 0.3) is 11.1 Å². The summed E-state index contributed by atoms with van der Waals surface area (Å²) in [6, 6.07) is 9.32. The summed E-state index contributed by atoms with van der Waals surface area (Å²) in [6.45, 7) is 1.54. The maximum Gasteiger partial charge on any atom is 0.416 e. The van der Waals surface area contributed by atoms with Gasteiger partial charge in [0.2, 0.25) is 0 Å². The van der Waals surface area contributed by atoms with Gasteiger partial charge in [-0.3, -0.25) is 0 Å². The summed E-state index contributed by atoms with van der Waals surface area (Å²) >= 11 is 0. The summed E-state index contributed by atoms with van der Waals surface area (Å²) in [7, 11) is 0. The van der Waals surface area contributed by atoms with Crippen molar-refractivity contribution in [3.05, 3.63) is 59.4 Å². The Balaban J connectivity index is 2.52. The normalized spacial score (nSPS) is 11.6. The Labute approximate surface area is 102 Å². The smallest absolute Gasteiger partial charge is 0.206 e. The first kappa shape index (κ1) is 12.6. The Bertz CT molecular complexity index is 570. The van der Waals surface area contributed by atoms with Crippen molar-refractivity contribution in [2.24, 2.45) is 0 Å². The number of alkyl halides is 3. The zero-order valence-electron chi connectivity index (χ0n) is 9.55. The molecule has 0 aliphatic carbocycles. The molecule has 0 amide bonds. The highest BCUT2D eigenvalue weighted by Crippen LogP contribution is 2.33. The number of aryl methyl sites for hydroxylation is 1. The summed E-state index contributed by atoms with van der Waals surface area (Å²) in [5.74, 6) is -0.444. The Kier molecular flexibility index (Phi) is 3.11. The molecule has 2 aromatic rings. The van der Waals surface area contributed by atoms with E-state index < -0.39 is 17.6 Å². The molecule has 0 bridgehead atoms. The molecule has 0 unspecified atom stereocenters. The monoisotopic (exact) mass is 254 g/mol. The van der Waals surface area contributed by atoms with Crippen molar-refractivity contribution < 1.29 is 17.6 Å². The van der Waals surface area contributed by atoms with Crippen molar-refractivity contribution in [1.29, 1.82) is 0 Å². The van der Waals surface area contributed by atoms with E-state index in [4.69, 9.17) is 0 Å². The highest BCUT2D eigenvalue weighted by molar-refractivity contribution is 5.68. The zero-order chi connectivity index (χ0) is 13.3. The third-order valence-corrected chi connectivity index (χ3v) is 2.72. The van der Waals surface area contributed by atoms with Crippen LogP contribution in [0.4, 0.5) is 17.6 Å². The van der Waals surface area contributed by atoms with Crippen molar-refractivity contribution in [1.82, 2.24) is 0 Å². The average Bonchev–Trinajstić information content (AvgIpc) is 2.29. The topological polar surface area (TPSA) is 0 Å². The summed E-state index contributed by atoms with van der Waals surface area (Å²) in [5.41, 5.74) is 0.458. The van der Waals surface area contributed by atoms with Crippen LogP contribution in [0.5, 0.6) is 0 Å². The lowest BCUT2D eigenvalue weighted by Crippen LogP contribution is -2.05. The third-order valence-electron chi connectivity index (χ3n) is 2.72. The molecule has 0 nitrogen and oxygen atoms in total. The molecule has 0 radical (unpaired) electrons. The molecule has 4 heteroatoms. The minimum atomic E-state index is -4.38. The van der Waals surface area contributed by atoms with Crippen LogP contribution in [0.15, 0.2) is 42.5 Å². The molecule has 0 aliphatic heterocycles. The van der Waals surface area contributed by atoms with Crippen molar-refractivity contribution in [2.45, 2.75) is 13.1 Å². The number of rotatable bonds is 1. The number of hydrogen-bond donors (Lipinski definition) is 0. The second-order valence-electron chi connectivity index (χ2n) is 4.01. The molecule has 0 atom stereocenters. The van der Waals surface area contributed by atoms with Gasteiger partial charge >= 0.3 is 6.18 Å². The van der Waals surface area contributed by atoms with Gasteiger partial charge in [0.05, 0.1) is 5.56 Å². The number of halogens is 4. The molecule has 0 saturated carbocycles. The predicted octanol–water partition coefficient (Wildman–Crippen LogP) is 4.82. The minimum absolute atomic E-state index is 0.309. The Morgan fingerprint density at radius 1 is 0.889 bits per heavy atom. The van der Waals surface area contributed by atoms with Crippen molar-refractivity contribution in [3.63, 3.8) is 0 Å². The van der Waals surface area contributed by atoms with Gasteiger partial charge in [-0.2, -0.15) is 13.2 Å². The SMILES string of the molecule is Cc1cc(C(F)(F)F)ccc1-c1ccccc1F. The van der Waals surface area contributed by atoms with Crippen LogP contribution >= 0.6 is 0 Å². The fourth-order valence-electron chi connectivity index (χ4n) is 1.82. The standard InChI is InChI=1S/C14H10F4/c1-9-8-10(14(16,17)18)6-7-11(9)12-4-2-3-5-13(12)15/h2-8H,1H3. The van der Waals surface area contributed by atoms with Crippen molar-refractivity contribution in [2.75, 3.05) is 0 Å². The minimum Gasteiger partial charge on any atom is -0.206 e. The molecule has 18 heavy (non-hydrogen) atoms. The van der Waals surface area contributed by atoms with E-state index in [1.165, 1.54) is 25.1 Å². The average molecular weight is 254 g/mol. The maximum atomic E-state index is 13.6. The lowest BCUT2D eigenvalue weighted by Gasteiger charge is -2.11.